The number of carbonyl (C=O) groups is 5. The van der Waals surface area contributed by atoms with Crippen molar-refractivity contribution in [2.45, 2.75) is 25.8 Å². The van der Waals surface area contributed by atoms with Gasteiger partial charge in [0.25, 0.3) is 5.91 Å². The highest BCUT2D eigenvalue weighted by molar-refractivity contribution is 6.07. The highest BCUT2D eigenvalue weighted by atomic mass is 16.5. The Kier molecular flexibility index (Phi) is 5.41. The van der Waals surface area contributed by atoms with Crippen molar-refractivity contribution in [3.8, 4) is 5.75 Å². The van der Waals surface area contributed by atoms with E-state index in [9.17, 15) is 24.0 Å². The van der Waals surface area contributed by atoms with Crippen LogP contribution in [-0.4, -0.2) is 48.0 Å². The second-order valence-electron chi connectivity index (χ2n) is 5.24. The number of nitrogens with one attached hydrogen (secondary N) is 1. The number of carbonyl (C=O) groups excluding carboxylic acids is 5. The van der Waals surface area contributed by atoms with Gasteiger partial charge in [0.15, 0.2) is 6.29 Å². The van der Waals surface area contributed by atoms with E-state index in [0.29, 0.717) is 17.6 Å². The van der Waals surface area contributed by atoms with Crippen molar-refractivity contribution in [1.82, 2.24) is 10.2 Å². The van der Waals surface area contributed by atoms with Crippen molar-refractivity contribution in [2.24, 2.45) is 0 Å². The summed E-state index contributed by atoms with van der Waals surface area (Å²) in [5, 5.41) is 2.11. The number of benzene rings is 1. The first kappa shape index (κ1) is 17.3. The van der Waals surface area contributed by atoms with Crippen LogP contribution in [0.1, 0.15) is 28.8 Å². The van der Waals surface area contributed by atoms with Crippen molar-refractivity contribution in [3.05, 3.63) is 29.3 Å². The van der Waals surface area contributed by atoms with E-state index in [1.807, 2.05) is 0 Å². The van der Waals surface area contributed by atoms with Gasteiger partial charge in [-0.2, -0.15) is 0 Å². The van der Waals surface area contributed by atoms with E-state index in [4.69, 9.17) is 4.74 Å². The molecule has 0 aliphatic carbocycles. The molecule has 126 valence electrons. The number of amides is 4. The number of hydrogen-bond acceptors (Lipinski definition) is 6. The van der Waals surface area contributed by atoms with Crippen molar-refractivity contribution in [3.63, 3.8) is 0 Å². The molecule has 1 aromatic rings. The molecule has 0 aromatic heterocycles. The molecule has 0 spiro atoms. The van der Waals surface area contributed by atoms with Crippen molar-refractivity contribution < 1.29 is 28.7 Å². The van der Waals surface area contributed by atoms with Gasteiger partial charge >= 0.3 is 0 Å². The number of imide groups is 2. The van der Waals surface area contributed by atoms with Crippen LogP contribution in [0.2, 0.25) is 0 Å². The molecule has 24 heavy (non-hydrogen) atoms. The van der Waals surface area contributed by atoms with Gasteiger partial charge in [0, 0.05) is 12.0 Å². The molecular formula is C16H16N2O6. The lowest BCUT2D eigenvalue weighted by Gasteiger charge is -2.28. The molecule has 1 atom stereocenters. The second-order valence-corrected chi connectivity index (χ2v) is 5.24. The summed E-state index contributed by atoms with van der Waals surface area (Å²) in [5.41, 5.74) is 0.757. The molecule has 1 fully saturated rings. The van der Waals surface area contributed by atoms with Gasteiger partial charge < -0.3 is 4.74 Å². The van der Waals surface area contributed by atoms with E-state index in [1.165, 1.54) is 6.07 Å². The van der Waals surface area contributed by atoms with Crippen LogP contribution in [0.15, 0.2) is 18.2 Å². The summed E-state index contributed by atoms with van der Waals surface area (Å²) >= 11 is 0. The predicted molar refractivity (Wildman–Crippen MR) is 81.1 cm³/mol. The Morgan fingerprint density at radius 3 is 2.75 bits per heavy atom. The molecule has 4 amide bonds. The van der Waals surface area contributed by atoms with Gasteiger partial charge in [-0.15, -0.1) is 0 Å². The van der Waals surface area contributed by atoms with Gasteiger partial charge in [0.1, 0.15) is 18.4 Å². The van der Waals surface area contributed by atoms with Crippen LogP contribution < -0.4 is 10.1 Å². The Bertz CT molecular complexity index is 700. The topological polar surface area (TPSA) is 110 Å². The quantitative estimate of drug-likeness (QED) is 0.579. The molecule has 8 heteroatoms. The molecule has 8 nitrogen and oxygen atoms in total. The number of piperidine rings is 1. The third-order valence-corrected chi connectivity index (χ3v) is 3.65. The molecule has 1 saturated heterocycles. The minimum atomic E-state index is -1.04. The lowest BCUT2D eigenvalue weighted by atomic mass is 10.0. The first-order chi connectivity index (χ1) is 11.5. The molecule has 0 radical (unpaired) electrons. The lowest BCUT2D eigenvalue weighted by molar-refractivity contribution is -0.139. The Hall–Kier alpha value is -3.03. The van der Waals surface area contributed by atoms with Gasteiger partial charge in [0.2, 0.25) is 18.2 Å². The zero-order valence-corrected chi connectivity index (χ0v) is 13.0. The van der Waals surface area contributed by atoms with Crippen LogP contribution in [0.4, 0.5) is 0 Å². The molecule has 2 rings (SSSR count). The summed E-state index contributed by atoms with van der Waals surface area (Å²) in [7, 11) is 0. The van der Waals surface area contributed by atoms with Gasteiger partial charge in [-0.1, -0.05) is 6.07 Å². The van der Waals surface area contributed by atoms with Gasteiger partial charge in [-0.25, -0.2) is 0 Å². The number of rotatable bonds is 6. The molecule has 0 saturated carbocycles. The average Bonchev–Trinajstić information content (AvgIpc) is 2.56. The highest BCUT2D eigenvalue weighted by Crippen LogP contribution is 2.21. The summed E-state index contributed by atoms with van der Waals surface area (Å²) in [6, 6.07) is 3.57. The maximum absolute atomic E-state index is 12.7. The lowest BCUT2D eigenvalue weighted by Crippen LogP contribution is -2.53. The van der Waals surface area contributed by atoms with Gasteiger partial charge in [-0.05, 0) is 31.0 Å². The molecule has 1 unspecified atom stereocenters. The fraction of sp³-hybridized carbons (Fsp3) is 0.312. The second kappa shape index (κ2) is 7.49. The molecular weight excluding hydrogens is 316 g/mol. The Labute approximate surface area is 137 Å². The maximum atomic E-state index is 12.7. The van der Waals surface area contributed by atoms with Crippen LogP contribution in [0, 0.1) is 6.92 Å². The number of ether oxygens (including phenoxy) is 1. The van der Waals surface area contributed by atoms with E-state index >= 15 is 0 Å². The number of aldehydes is 1. The standard InChI is InChI=1S/C16H16N2O6/c1-10-2-3-11(24-7-6-19)8-12(10)16(23)18(9-20)13-4-5-14(21)17-15(13)22/h2-3,6,8-9,13H,4-5,7H2,1H3,(H,17,21,22). The molecule has 1 aliphatic rings. The minimum Gasteiger partial charge on any atom is -0.486 e. The Balaban J connectivity index is 2.27. The van der Waals surface area contributed by atoms with Crippen molar-refractivity contribution in [2.75, 3.05) is 6.61 Å². The highest BCUT2D eigenvalue weighted by Gasteiger charge is 2.35. The van der Waals surface area contributed by atoms with Crippen LogP contribution in [0.25, 0.3) is 0 Å². The smallest absolute Gasteiger partial charge is 0.261 e. The van der Waals surface area contributed by atoms with Crippen LogP contribution in [0.3, 0.4) is 0 Å². The number of nitrogens with zero attached hydrogens (tertiary/aromatic N) is 1. The maximum Gasteiger partial charge on any atom is 0.261 e. The summed E-state index contributed by atoms with van der Waals surface area (Å²) in [6.45, 7) is 1.51. The third-order valence-electron chi connectivity index (χ3n) is 3.65. The normalized spacial score (nSPS) is 17.0. The van der Waals surface area contributed by atoms with Crippen LogP contribution in [0.5, 0.6) is 5.75 Å². The van der Waals surface area contributed by atoms with Gasteiger partial charge in [0.05, 0.1) is 0 Å². The van der Waals surface area contributed by atoms with E-state index < -0.39 is 23.8 Å². The zero-order chi connectivity index (χ0) is 17.7. The molecule has 1 aromatic carbocycles. The van der Waals surface area contributed by atoms with E-state index in [1.54, 1.807) is 19.1 Å². The third kappa shape index (κ3) is 3.65. The fourth-order valence-electron chi connectivity index (χ4n) is 2.40. The number of hydrogen-bond donors (Lipinski definition) is 1. The molecule has 1 N–H and O–H groups in total. The molecule has 1 aliphatic heterocycles. The molecule has 0 bridgehead atoms. The summed E-state index contributed by atoms with van der Waals surface area (Å²) in [4.78, 5) is 58.3. The van der Waals surface area contributed by atoms with Crippen LogP contribution in [-0.2, 0) is 19.2 Å². The molecule has 1 heterocycles. The SMILES string of the molecule is Cc1ccc(OCC=O)cc1C(=O)N(C=O)C1CCC(=O)NC1=O. The van der Waals surface area contributed by atoms with Crippen LogP contribution >= 0.6 is 0 Å². The van der Waals surface area contributed by atoms with E-state index in [0.717, 1.165) is 4.90 Å². The minimum absolute atomic E-state index is 0.0511. The fourth-order valence-corrected chi connectivity index (χ4v) is 2.40. The first-order valence-electron chi connectivity index (χ1n) is 7.26. The summed E-state index contributed by atoms with van der Waals surface area (Å²) in [5.74, 6) is -1.49. The zero-order valence-electron chi connectivity index (χ0n) is 13.0. The predicted octanol–water partition coefficient (Wildman–Crippen LogP) is -0.0235. The Morgan fingerprint density at radius 1 is 1.38 bits per heavy atom. The van der Waals surface area contributed by atoms with E-state index in [2.05, 4.69) is 5.32 Å². The van der Waals surface area contributed by atoms with Crippen molar-refractivity contribution in [1.29, 1.82) is 0 Å². The average molecular weight is 332 g/mol. The van der Waals surface area contributed by atoms with E-state index in [-0.39, 0.29) is 31.4 Å². The van der Waals surface area contributed by atoms with Gasteiger partial charge in [-0.3, -0.25) is 34.2 Å². The van der Waals surface area contributed by atoms with Crippen molar-refractivity contribution >= 4 is 30.4 Å². The Morgan fingerprint density at radius 2 is 2.12 bits per heavy atom. The largest absolute Gasteiger partial charge is 0.486 e. The summed E-state index contributed by atoms with van der Waals surface area (Å²) < 4.78 is 5.14. The first-order valence-corrected chi connectivity index (χ1v) is 7.26. The number of aryl methyl sites for hydroxylation is 1. The summed E-state index contributed by atoms with van der Waals surface area (Å²) in [6.07, 6.45) is 0.980. The monoisotopic (exact) mass is 332 g/mol.